The Morgan fingerprint density at radius 3 is 2.78 bits per heavy atom. The number of aromatic nitrogens is 2. The molecule has 1 heterocycles. The second-order valence-corrected chi connectivity index (χ2v) is 5.26. The summed E-state index contributed by atoms with van der Waals surface area (Å²) in [5.74, 6) is 0. The van der Waals surface area contributed by atoms with Gasteiger partial charge < -0.3 is 10.5 Å². The molecular formula is C13H22ClN3O. The topological polar surface area (TPSA) is 53.1 Å². The van der Waals surface area contributed by atoms with Crippen molar-refractivity contribution in [2.24, 2.45) is 5.73 Å². The van der Waals surface area contributed by atoms with E-state index in [0.717, 1.165) is 48.6 Å². The molecule has 2 unspecified atom stereocenters. The van der Waals surface area contributed by atoms with Crippen molar-refractivity contribution in [2.45, 2.75) is 64.8 Å². The van der Waals surface area contributed by atoms with Gasteiger partial charge in [-0.3, -0.25) is 4.68 Å². The summed E-state index contributed by atoms with van der Waals surface area (Å²) in [6.07, 6.45) is 4.21. The van der Waals surface area contributed by atoms with Crippen molar-refractivity contribution in [3.63, 3.8) is 0 Å². The lowest BCUT2D eigenvalue weighted by atomic mass is 10.3. The Morgan fingerprint density at radius 1 is 1.44 bits per heavy atom. The monoisotopic (exact) mass is 271 g/mol. The maximum atomic E-state index is 6.33. The standard InChI is InChI=1S/C13H22ClN3O/c1-3-11-13(14)12(17(4-2)16-11)8-18-10-6-5-9(15)7-10/h9-10H,3-8,15H2,1-2H3. The van der Waals surface area contributed by atoms with Crippen LogP contribution >= 0.6 is 11.6 Å². The first-order chi connectivity index (χ1) is 8.65. The van der Waals surface area contributed by atoms with Crippen LogP contribution in [0.15, 0.2) is 0 Å². The lowest BCUT2D eigenvalue weighted by Crippen LogP contribution is -2.18. The maximum absolute atomic E-state index is 6.33. The lowest BCUT2D eigenvalue weighted by Gasteiger charge is -2.12. The van der Waals surface area contributed by atoms with E-state index in [1.54, 1.807) is 0 Å². The smallest absolute Gasteiger partial charge is 0.0903 e. The van der Waals surface area contributed by atoms with Gasteiger partial charge in [0.05, 0.1) is 29.1 Å². The zero-order valence-electron chi connectivity index (χ0n) is 11.2. The Balaban J connectivity index is 2.01. The zero-order valence-corrected chi connectivity index (χ0v) is 11.9. The molecule has 102 valence electrons. The molecule has 0 aliphatic heterocycles. The molecule has 1 saturated carbocycles. The van der Waals surface area contributed by atoms with E-state index in [0.29, 0.717) is 12.6 Å². The molecule has 2 N–H and O–H groups in total. The van der Waals surface area contributed by atoms with Gasteiger partial charge in [-0.25, -0.2) is 0 Å². The normalized spacial score (nSPS) is 23.8. The molecule has 0 amide bonds. The molecule has 1 aliphatic rings. The minimum absolute atomic E-state index is 0.279. The number of rotatable bonds is 5. The lowest BCUT2D eigenvalue weighted by molar-refractivity contribution is 0.0409. The largest absolute Gasteiger partial charge is 0.372 e. The van der Waals surface area contributed by atoms with Crippen LogP contribution in [0.25, 0.3) is 0 Å². The molecule has 5 heteroatoms. The first-order valence-corrected chi connectivity index (χ1v) is 7.14. The quantitative estimate of drug-likeness (QED) is 0.895. The van der Waals surface area contributed by atoms with Gasteiger partial charge in [0.15, 0.2) is 0 Å². The van der Waals surface area contributed by atoms with Gasteiger partial charge in [-0.05, 0) is 32.6 Å². The molecule has 1 aliphatic carbocycles. The van der Waals surface area contributed by atoms with Gasteiger partial charge in [-0.15, -0.1) is 0 Å². The zero-order chi connectivity index (χ0) is 13.1. The fourth-order valence-corrected chi connectivity index (χ4v) is 2.80. The van der Waals surface area contributed by atoms with Crippen molar-refractivity contribution in [1.29, 1.82) is 0 Å². The van der Waals surface area contributed by atoms with E-state index in [2.05, 4.69) is 18.9 Å². The number of nitrogens with two attached hydrogens (primary N) is 1. The molecule has 0 radical (unpaired) electrons. The van der Waals surface area contributed by atoms with Crippen LogP contribution in [-0.4, -0.2) is 21.9 Å². The van der Waals surface area contributed by atoms with Crippen molar-refractivity contribution in [1.82, 2.24) is 9.78 Å². The molecular weight excluding hydrogens is 250 g/mol. The maximum Gasteiger partial charge on any atom is 0.0903 e. The minimum Gasteiger partial charge on any atom is -0.372 e. The Kier molecular flexibility index (Phi) is 4.65. The second-order valence-electron chi connectivity index (χ2n) is 4.88. The summed E-state index contributed by atoms with van der Waals surface area (Å²) in [7, 11) is 0. The Morgan fingerprint density at radius 2 is 2.22 bits per heavy atom. The Hall–Kier alpha value is -0.580. The fourth-order valence-electron chi connectivity index (χ4n) is 2.48. The van der Waals surface area contributed by atoms with Crippen LogP contribution in [0.2, 0.25) is 5.02 Å². The molecule has 1 aromatic heterocycles. The molecule has 0 saturated heterocycles. The van der Waals surface area contributed by atoms with Crippen molar-refractivity contribution < 1.29 is 4.74 Å². The van der Waals surface area contributed by atoms with Crippen molar-refractivity contribution >= 4 is 11.6 Å². The summed E-state index contributed by atoms with van der Waals surface area (Å²) in [4.78, 5) is 0. The minimum atomic E-state index is 0.279. The van der Waals surface area contributed by atoms with Crippen molar-refractivity contribution in [3.8, 4) is 0 Å². The van der Waals surface area contributed by atoms with Crippen LogP contribution in [0.3, 0.4) is 0 Å². The number of aryl methyl sites for hydroxylation is 2. The number of nitrogens with zero attached hydrogens (tertiary/aromatic N) is 2. The summed E-state index contributed by atoms with van der Waals surface area (Å²) in [5.41, 5.74) is 7.84. The van der Waals surface area contributed by atoms with Gasteiger partial charge in [0.1, 0.15) is 0 Å². The van der Waals surface area contributed by atoms with E-state index in [1.165, 1.54) is 0 Å². The molecule has 4 nitrogen and oxygen atoms in total. The molecule has 0 spiro atoms. The first-order valence-electron chi connectivity index (χ1n) is 6.76. The number of hydrogen-bond acceptors (Lipinski definition) is 3. The number of hydrogen-bond donors (Lipinski definition) is 1. The van der Waals surface area contributed by atoms with Gasteiger partial charge in [0.2, 0.25) is 0 Å². The van der Waals surface area contributed by atoms with E-state index in [1.807, 2.05) is 4.68 Å². The van der Waals surface area contributed by atoms with Crippen LogP contribution < -0.4 is 5.73 Å². The summed E-state index contributed by atoms with van der Waals surface area (Å²) >= 11 is 6.33. The van der Waals surface area contributed by atoms with E-state index in [-0.39, 0.29) is 6.10 Å². The third-order valence-electron chi connectivity index (χ3n) is 3.57. The van der Waals surface area contributed by atoms with E-state index in [9.17, 15) is 0 Å². The molecule has 2 rings (SSSR count). The predicted octanol–water partition coefficient (Wildman–Crippen LogP) is 2.52. The summed E-state index contributed by atoms with van der Waals surface area (Å²) in [6, 6.07) is 0.299. The van der Waals surface area contributed by atoms with Crippen molar-refractivity contribution in [3.05, 3.63) is 16.4 Å². The second kappa shape index (κ2) is 6.04. The van der Waals surface area contributed by atoms with Crippen LogP contribution in [-0.2, 0) is 24.3 Å². The van der Waals surface area contributed by atoms with Crippen LogP contribution in [0.1, 0.15) is 44.5 Å². The molecule has 1 aromatic rings. The molecule has 0 aromatic carbocycles. The van der Waals surface area contributed by atoms with Gasteiger partial charge in [-0.1, -0.05) is 18.5 Å². The fraction of sp³-hybridized carbons (Fsp3) is 0.769. The highest BCUT2D eigenvalue weighted by atomic mass is 35.5. The Labute approximate surface area is 113 Å². The van der Waals surface area contributed by atoms with Crippen LogP contribution in [0, 0.1) is 0 Å². The van der Waals surface area contributed by atoms with E-state index < -0.39 is 0 Å². The molecule has 1 fully saturated rings. The van der Waals surface area contributed by atoms with Gasteiger partial charge in [0, 0.05) is 12.6 Å². The number of ether oxygens (including phenoxy) is 1. The highest BCUT2D eigenvalue weighted by molar-refractivity contribution is 6.31. The predicted molar refractivity (Wildman–Crippen MR) is 72.7 cm³/mol. The summed E-state index contributed by atoms with van der Waals surface area (Å²) in [6.45, 7) is 5.49. The summed E-state index contributed by atoms with van der Waals surface area (Å²) in [5, 5.41) is 5.25. The molecule has 18 heavy (non-hydrogen) atoms. The van der Waals surface area contributed by atoms with Gasteiger partial charge in [-0.2, -0.15) is 5.10 Å². The molecule has 2 atom stereocenters. The third kappa shape index (κ3) is 2.87. The average Bonchev–Trinajstić information content (AvgIpc) is 2.91. The highest BCUT2D eigenvalue weighted by Crippen LogP contribution is 2.26. The first kappa shape index (κ1) is 13.8. The summed E-state index contributed by atoms with van der Waals surface area (Å²) < 4.78 is 7.86. The van der Waals surface area contributed by atoms with Crippen LogP contribution in [0.5, 0.6) is 0 Å². The van der Waals surface area contributed by atoms with Crippen LogP contribution in [0.4, 0.5) is 0 Å². The highest BCUT2D eigenvalue weighted by Gasteiger charge is 2.23. The SMILES string of the molecule is CCc1nn(CC)c(COC2CCC(N)C2)c1Cl. The molecule has 0 bridgehead atoms. The van der Waals surface area contributed by atoms with E-state index in [4.69, 9.17) is 22.1 Å². The Bertz CT molecular complexity index is 405. The average molecular weight is 272 g/mol. The van der Waals surface area contributed by atoms with Crippen molar-refractivity contribution in [2.75, 3.05) is 0 Å². The van der Waals surface area contributed by atoms with E-state index >= 15 is 0 Å². The number of halogens is 1. The van der Waals surface area contributed by atoms with Gasteiger partial charge >= 0.3 is 0 Å². The van der Waals surface area contributed by atoms with Gasteiger partial charge in [0.25, 0.3) is 0 Å². The third-order valence-corrected chi connectivity index (χ3v) is 4.01.